The fourth-order valence-electron chi connectivity index (χ4n) is 1.80. The first kappa shape index (κ1) is 19.9. The van der Waals surface area contributed by atoms with Crippen LogP contribution in [0, 0.1) is 0 Å². The van der Waals surface area contributed by atoms with Gasteiger partial charge in [-0.3, -0.25) is 9.69 Å². The minimum Gasteiger partial charge on any atom is -0.480 e. The average Bonchev–Trinajstić information content (AvgIpc) is 2.39. The van der Waals surface area contributed by atoms with E-state index in [4.69, 9.17) is 5.11 Å². The van der Waals surface area contributed by atoms with Gasteiger partial charge in [0.05, 0.1) is 11.4 Å². The van der Waals surface area contributed by atoms with Crippen LogP contribution in [0.2, 0.25) is 0 Å². The molecular weight excluding hydrogens is 316 g/mol. The molecule has 2 N–H and O–H groups in total. The van der Waals surface area contributed by atoms with Gasteiger partial charge < -0.3 is 5.11 Å². The number of nitrogens with zero attached hydrogens (tertiary/aromatic N) is 1. The summed E-state index contributed by atoms with van der Waals surface area (Å²) in [6.45, 7) is 3.04. The Balaban J connectivity index is 0.00000400. The fourth-order valence-corrected chi connectivity index (χ4v) is 2.84. The van der Waals surface area contributed by atoms with Crippen LogP contribution in [0.15, 0.2) is 35.2 Å². The molecule has 0 bridgehead atoms. The van der Waals surface area contributed by atoms with Gasteiger partial charge in [0.15, 0.2) is 0 Å². The van der Waals surface area contributed by atoms with Crippen molar-refractivity contribution in [3.8, 4) is 0 Å². The van der Waals surface area contributed by atoms with Gasteiger partial charge in [0, 0.05) is 13.1 Å². The molecule has 0 heterocycles. The second kappa shape index (κ2) is 9.73. The highest BCUT2D eigenvalue weighted by Gasteiger charge is 2.14. The van der Waals surface area contributed by atoms with Crippen molar-refractivity contribution in [2.45, 2.75) is 18.2 Å². The molecule has 0 saturated heterocycles. The number of sulfonamides is 1. The Labute approximate surface area is 131 Å². The summed E-state index contributed by atoms with van der Waals surface area (Å²) >= 11 is 0. The molecule has 0 spiro atoms. The van der Waals surface area contributed by atoms with Gasteiger partial charge in [-0.1, -0.05) is 25.1 Å². The molecule has 1 aromatic carbocycles. The number of carboxylic acids is 1. The smallest absolute Gasteiger partial charge is 0.317 e. The molecule has 1 rings (SSSR count). The van der Waals surface area contributed by atoms with Crippen LogP contribution in [0.4, 0.5) is 0 Å². The normalized spacial score (nSPS) is 11.1. The summed E-state index contributed by atoms with van der Waals surface area (Å²) in [4.78, 5) is 12.6. The van der Waals surface area contributed by atoms with Gasteiger partial charge in [-0.15, -0.1) is 12.4 Å². The molecule has 0 radical (unpaired) electrons. The largest absolute Gasteiger partial charge is 0.480 e. The molecule has 0 atom stereocenters. The summed E-state index contributed by atoms with van der Waals surface area (Å²) in [5.41, 5.74) is 0. The van der Waals surface area contributed by atoms with Gasteiger partial charge in [-0.05, 0) is 25.1 Å². The molecule has 6 nitrogen and oxygen atoms in total. The maximum Gasteiger partial charge on any atom is 0.317 e. The highest BCUT2D eigenvalue weighted by molar-refractivity contribution is 7.89. The molecule has 0 aliphatic carbocycles. The summed E-state index contributed by atoms with van der Waals surface area (Å²) < 4.78 is 26.4. The van der Waals surface area contributed by atoms with Crippen LogP contribution in [0.1, 0.15) is 13.3 Å². The van der Waals surface area contributed by atoms with Crippen LogP contribution < -0.4 is 4.72 Å². The first-order valence-corrected chi connectivity index (χ1v) is 7.93. The van der Waals surface area contributed by atoms with Crippen LogP contribution >= 0.6 is 12.4 Å². The van der Waals surface area contributed by atoms with E-state index in [-0.39, 0.29) is 30.4 Å². The monoisotopic (exact) mass is 336 g/mol. The third kappa shape index (κ3) is 7.42. The molecule has 21 heavy (non-hydrogen) atoms. The maximum atomic E-state index is 11.9. The van der Waals surface area contributed by atoms with Crippen molar-refractivity contribution >= 4 is 28.4 Å². The van der Waals surface area contributed by atoms with Crippen molar-refractivity contribution in [1.82, 2.24) is 9.62 Å². The van der Waals surface area contributed by atoms with Crippen molar-refractivity contribution in [2.75, 3.05) is 26.2 Å². The number of benzene rings is 1. The number of rotatable bonds is 9. The van der Waals surface area contributed by atoms with Gasteiger partial charge in [0.2, 0.25) is 10.0 Å². The van der Waals surface area contributed by atoms with E-state index in [1.165, 1.54) is 12.1 Å². The summed E-state index contributed by atoms with van der Waals surface area (Å²) in [5, 5.41) is 8.77. The predicted molar refractivity (Wildman–Crippen MR) is 83.2 cm³/mol. The van der Waals surface area contributed by atoms with E-state index in [0.717, 1.165) is 6.42 Å². The predicted octanol–water partition coefficient (Wildman–Crippen LogP) is 1.18. The molecule has 120 valence electrons. The van der Waals surface area contributed by atoms with Crippen molar-refractivity contribution in [1.29, 1.82) is 0 Å². The molecule has 8 heteroatoms. The lowest BCUT2D eigenvalue weighted by Gasteiger charge is -2.19. The highest BCUT2D eigenvalue weighted by Crippen LogP contribution is 2.06. The number of nitrogens with one attached hydrogen (secondary N) is 1. The Morgan fingerprint density at radius 1 is 1.24 bits per heavy atom. The molecule has 1 aromatic rings. The van der Waals surface area contributed by atoms with Crippen molar-refractivity contribution < 1.29 is 18.3 Å². The van der Waals surface area contributed by atoms with Gasteiger partial charge in [-0.2, -0.15) is 0 Å². The molecule has 0 fully saturated rings. The first-order valence-electron chi connectivity index (χ1n) is 6.44. The zero-order chi connectivity index (χ0) is 15.0. The third-order valence-corrected chi connectivity index (χ3v) is 4.15. The van der Waals surface area contributed by atoms with E-state index >= 15 is 0 Å². The molecule has 0 aliphatic rings. The molecule has 0 unspecified atom stereocenters. The summed E-state index contributed by atoms with van der Waals surface area (Å²) in [7, 11) is -3.52. The van der Waals surface area contributed by atoms with Crippen LogP contribution in [0.5, 0.6) is 0 Å². The van der Waals surface area contributed by atoms with Gasteiger partial charge in [0.25, 0.3) is 0 Å². The van der Waals surface area contributed by atoms with Crippen LogP contribution in [0.3, 0.4) is 0 Å². The zero-order valence-corrected chi connectivity index (χ0v) is 13.5. The van der Waals surface area contributed by atoms with Crippen LogP contribution in [-0.2, 0) is 14.8 Å². The maximum absolute atomic E-state index is 11.9. The second-order valence-corrected chi connectivity index (χ2v) is 6.15. The lowest BCUT2D eigenvalue weighted by atomic mass is 10.4. The van der Waals surface area contributed by atoms with E-state index < -0.39 is 16.0 Å². The molecular formula is C13H21ClN2O4S. The Morgan fingerprint density at radius 3 is 2.38 bits per heavy atom. The number of hydrogen-bond donors (Lipinski definition) is 2. The minimum atomic E-state index is -3.52. The fraction of sp³-hybridized carbons (Fsp3) is 0.462. The lowest BCUT2D eigenvalue weighted by molar-refractivity contribution is -0.138. The summed E-state index contributed by atoms with van der Waals surface area (Å²) in [6, 6.07) is 8.09. The standard InChI is InChI=1S/C13H20N2O4S.ClH/c1-2-9-15(11-13(16)17)10-8-14-20(18,19)12-6-4-3-5-7-12;/h3-7,14H,2,8-11H2,1H3,(H,16,17);1H. The Hall–Kier alpha value is -1.15. The molecule has 0 aliphatic heterocycles. The summed E-state index contributed by atoms with van der Waals surface area (Å²) in [6.07, 6.45) is 0.818. The zero-order valence-electron chi connectivity index (χ0n) is 11.9. The van der Waals surface area contributed by atoms with Crippen LogP contribution in [-0.4, -0.2) is 50.6 Å². The Morgan fingerprint density at radius 2 is 1.86 bits per heavy atom. The first-order chi connectivity index (χ1) is 9.45. The summed E-state index contributed by atoms with van der Waals surface area (Å²) in [5.74, 6) is -0.913. The van der Waals surface area contributed by atoms with E-state index in [9.17, 15) is 13.2 Å². The van der Waals surface area contributed by atoms with Crippen LogP contribution in [0.25, 0.3) is 0 Å². The number of hydrogen-bond acceptors (Lipinski definition) is 4. The topological polar surface area (TPSA) is 86.7 Å². The number of aliphatic carboxylic acids is 1. The van der Waals surface area contributed by atoms with E-state index in [1.54, 1.807) is 23.1 Å². The molecule has 0 aromatic heterocycles. The SMILES string of the molecule is CCCN(CCNS(=O)(=O)c1ccccc1)CC(=O)O.Cl. The van der Waals surface area contributed by atoms with Gasteiger partial charge in [-0.25, -0.2) is 13.1 Å². The molecule has 0 saturated carbocycles. The number of halogens is 1. The highest BCUT2D eigenvalue weighted by atomic mass is 35.5. The molecule has 0 amide bonds. The van der Waals surface area contributed by atoms with Gasteiger partial charge in [0.1, 0.15) is 0 Å². The van der Waals surface area contributed by atoms with Gasteiger partial charge >= 0.3 is 5.97 Å². The van der Waals surface area contributed by atoms with Crippen molar-refractivity contribution in [2.24, 2.45) is 0 Å². The van der Waals surface area contributed by atoms with Crippen molar-refractivity contribution in [3.63, 3.8) is 0 Å². The number of carbonyl (C=O) groups is 1. The minimum absolute atomic E-state index is 0. The average molecular weight is 337 g/mol. The Kier molecular flexibility index (Phi) is 9.19. The lowest BCUT2D eigenvalue weighted by Crippen LogP contribution is -2.38. The Bertz CT molecular complexity index is 522. The van der Waals surface area contributed by atoms with E-state index in [0.29, 0.717) is 13.1 Å². The third-order valence-electron chi connectivity index (χ3n) is 2.67. The second-order valence-electron chi connectivity index (χ2n) is 4.38. The van der Waals surface area contributed by atoms with E-state index in [1.807, 2.05) is 6.92 Å². The van der Waals surface area contributed by atoms with Crippen molar-refractivity contribution in [3.05, 3.63) is 30.3 Å². The van der Waals surface area contributed by atoms with E-state index in [2.05, 4.69) is 4.72 Å². The number of carboxylic acid groups (broad SMARTS) is 1. The quantitative estimate of drug-likeness (QED) is 0.707.